The summed E-state index contributed by atoms with van der Waals surface area (Å²) in [5.41, 5.74) is 0.670. The van der Waals surface area contributed by atoms with Crippen molar-refractivity contribution in [3.8, 4) is 5.75 Å². The summed E-state index contributed by atoms with van der Waals surface area (Å²) in [5.74, 6) is 0.768. The average Bonchev–Trinajstić information content (AvgIpc) is 2.34. The summed E-state index contributed by atoms with van der Waals surface area (Å²) in [4.78, 5) is 4.16. The highest BCUT2D eigenvalue weighted by atomic mass is 79.9. The van der Waals surface area contributed by atoms with Crippen molar-refractivity contribution in [2.24, 2.45) is 0 Å². The Morgan fingerprint density at radius 1 is 1.29 bits per heavy atom. The van der Waals surface area contributed by atoms with Crippen molar-refractivity contribution in [1.82, 2.24) is 4.98 Å². The number of aromatic nitrogens is 1. The zero-order valence-corrected chi connectivity index (χ0v) is 10.7. The monoisotopic (exact) mass is 296 g/mol. The molecule has 1 aromatic heterocycles. The topological polar surface area (TPSA) is 34.1 Å². The van der Waals surface area contributed by atoms with Crippen LogP contribution < -0.4 is 10.1 Å². The lowest BCUT2D eigenvalue weighted by Crippen LogP contribution is -1.96. The first-order valence-corrected chi connectivity index (χ1v) is 5.70. The van der Waals surface area contributed by atoms with Gasteiger partial charge in [-0.3, -0.25) is 0 Å². The Bertz CT molecular complexity index is 516. The van der Waals surface area contributed by atoms with Crippen LogP contribution in [0.1, 0.15) is 0 Å². The predicted octanol–water partition coefficient (Wildman–Crippen LogP) is 3.74. The fraction of sp³-hybridized carbons (Fsp3) is 0.0833. The van der Waals surface area contributed by atoms with Gasteiger partial charge in [0.05, 0.1) is 12.8 Å². The molecule has 0 atom stereocenters. The second-order valence-corrected chi connectivity index (χ2v) is 4.25. The highest BCUT2D eigenvalue weighted by molar-refractivity contribution is 9.10. The maximum absolute atomic E-state index is 13.0. The van der Waals surface area contributed by atoms with Crippen LogP contribution in [0.5, 0.6) is 5.75 Å². The van der Waals surface area contributed by atoms with Gasteiger partial charge in [-0.2, -0.15) is 0 Å². The molecule has 0 amide bonds. The summed E-state index contributed by atoms with van der Waals surface area (Å²) in [7, 11) is 1.50. The van der Waals surface area contributed by atoms with Gasteiger partial charge >= 0.3 is 0 Å². The van der Waals surface area contributed by atoms with E-state index in [1.54, 1.807) is 12.3 Å². The number of methoxy groups -OCH3 is 1. The lowest BCUT2D eigenvalue weighted by molar-refractivity contribution is 0.413. The van der Waals surface area contributed by atoms with Crippen molar-refractivity contribution in [3.63, 3.8) is 0 Å². The number of hydrogen-bond donors (Lipinski definition) is 1. The van der Waals surface area contributed by atoms with E-state index in [2.05, 4.69) is 26.2 Å². The van der Waals surface area contributed by atoms with Gasteiger partial charge in [0.2, 0.25) is 0 Å². The van der Waals surface area contributed by atoms with Gasteiger partial charge in [-0.1, -0.05) is 0 Å². The number of nitrogens with zero attached hydrogens (tertiary/aromatic N) is 1. The van der Waals surface area contributed by atoms with E-state index in [-0.39, 0.29) is 5.82 Å². The summed E-state index contributed by atoms with van der Waals surface area (Å²) >= 11 is 3.30. The van der Waals surface area contributed by atoms with Gasteiger partial charge in [0, 0.05) is 16.7 Å². The fourth-order valence-electron chi connectivity index (χ4n) is 1.36. The van der Waals surface area contributed by atoms with E-state index in [0.717, 1.165) is 4.47 Å². The number of anilines is 2. The van der Waals surface area contributed by atoms with Gasteiger partial charge in [-0.15, -0.1) is 0 Å². The van der Waals surface area contributed by atoms with Gasteiger partial charge in [-0.05, 0) is 40.2 Å². The summed E-state index contributed by atoms with van der Waals surface area (Å²) < 4.78 is 19.0. The Labute approximate surface area is 107 Å². The van der Waals surface area contributed by atoms with Crippen LogP contribution in [-0.4, -0.2) is 12.1 Å². The largest absolute Gasteiger partial charge is 0.494 e. The third-order valence-corrected chi connectivity index (χ3v) is 2.62. The molecule has 2 rings (SSSR count). The van der Waals surface area contributed by atoms with Crippen LogP contribution in [-0.2, 0) is 0 Å². The van der Waals surface area contributed by atoms with E-state index in [1.165, 1.54) is 19.2 Å². The second kappa shape index (κ2) is 5.14. The molecule has 0 saturated carbocycles. The first kappa shape index (κ1) is 11.9. The van der Waals surface area contributed by atoms with E-state index >= 15 is 0 Å². The minimum Gasteiger partial charge on any atom is -0.494 e. The molecular formula is C12H10BrFN2O. The fourth-order valence-corrected chi connectivity index (χ4v) is 1.59. The number of rotatable bonds is 3. The van der Waals surface area contributed by atoms with Crippen LogP contribution in [0.15, 0.2) is 41.0 Å². The molecule has 0 fully saturated rings. The van der Waals surface area contributed by atoms with Crippen LogP contribution in [0.2, 0.25) is 0 Å². The van der Waals surface area contributed by atoms with E-state index in [0.29, 0.717) is 17.3 Å². The number of pyridine rings is 1. The molecule has 17 heavy (non-hydrogen) atoms. The summed E-state index contributed by atoms with van der Waals surface area (Å²) in [6.45, 7) is 0. The number of halogens is 2. The lowest BCUT2D eigenvalue weighted by Gasteiger charge is -2.10. The van der Waals surface area contributed by atoms with Crippen LogP contribution in [0.3, 0.4) is 0 Å². The molecule has 0 aliphatic carbocycles. The number of ether oxygens (including phenoxy) is 1. The Kier molecular flexibility index (Phi) is 3.58. The molecule has 0 aliphatic heterocycles. The smallest absolute Gasteiger partial charge is 0.145 e. The Morgan fingerprint density at radius 3 is 2.76 bits per heavy atom. The maximum atomic E-state index is 13.0. The standard InChI is InChI=1S/C12H10BrFN2O/c1-17-11-6-9(14)3-4-10(11)16-12-5-2-8(13)7-15-12/h2-7H,1H3,(H,15,16). The highest BCUT2D eigenvalue weighted by Gasteiger charge is 2.05. The molecule has 3 nitrogen and oxygen atoms in total. The summed E-state index contributed by atoms with van der Waals surface area (Å²) in [5, 5.41) is 3.05. The number of nitrogens with one attached hydrogen (secondary N) is 1. The normalized spacial score (nSPS) is 10.1. The molecule has 2 aromatic rings. The quantitative estimate of drug-likeness (QED) is 0.937. The van der Waals surface area contributed by atoms with Gasteiger partial charge in [0.15, 0.2) is 0 Å². The van der Waals surface area contributed by atoms with E-state index in [9.17, 15) is 4.39 Å². The molecule has 88 valence electrons. The van der Waals surface area contributed by atoms with Crippen molar-refractivity contribution in [1.29, 1.82) is 0 Å². The molecule has 0 radical (unpaired) electrons. The minimum atomic E-state index is -0.337. The molecule has 0 spiro atoms. The molecule has 1 N–H and O–H groups in total. The van der Waals surface area contributed by atoms with Crippen molar-refractivity contribution < 1.29 is 9.13 Å². The summed E-state index contributed by atoms with van der Waals surface area (Å²) in [6, 6.07) is 7.97. The molecule has 0 saturated heterocycles. The zero-order chi connectivity index (χ0) is 12.3. The highest BCUT2D eigenvalue weighted by Crippen LogP contribution is 2.27. The Balaban J connectivity index is 2.26. The van der Waals surface area contributed by atoms with Crippen molar-refractivity contribution >= 4 is 27.4 Å². The van der Waals surface area contributed by atoms with Crippen LogP contribution in [0.4, 0.5) is 15.9 Å². The van der Waals surface area contributed by atoms with Gasteiger partial charge in [0.1, 0.15) is 17.4 Å². The number of benzene rings is 1. The minimum absolute atomic E-state index is 0.337. The molecular weight excluding hydrogens is 287 g/mol. The van der Waals surface area contributed by atoms with Crippen molar-refractivity contribution in [2.75, 3.05) is 12.4 Å². The van der Waals surface area contributed by atoms with E-state index < -0.39 is 0 Å². The van der Waals surface area contributed by atoms with Crippen molar-refractivity contribution in [2.45, 2.75) is 0 Å². The van der Waals surface area contributed by atoms with Crippen molar-refractivity contribution in [3.05, 3.63) is 46.8 Å². The third-order valence-electron chi connectivity index (χ3n) is 2.15. The molecule has 0 unspecified atom stereocenters. The third kappa shape index (κ3) is 2.94. The van der Waals surface area contributed by atoms with Crippen LogP contribution in [0.25, 0.3) is 0 Å². The first-order chi connectivity index (χ1) is 8.19. The summed E-state index contributed by atoms with van der Waals surface area (Å²) in [6.07, 6.45) is 1.68. The Hall–Kier alpha value is -1.62. The molecule has 5 heteroatoms. The van der Waals surface area contributed by atoms with E-state index in [1.807, 2.05) is 12.1 Å². The van der Waals surface area contributed by atoms with Gasteiger partial charge in [-0.25, -0.2) is 9.37 Å². The molecule has 0 bridgehead atoms. The second-order valence-electron chi connectivity index (χ2n) is 3.33. The molecule has 0 aliphatic rings. The number of hydrogen-bond acceptors (Lipinski definition) is 3. The van der Waals surface area contributed by atoms with Gasteiger partial charge < -0.3 is 10.1 Å². The van der Waals surface area contributed by atoms with E-state index in [4.69, 9.17) is 4.74 Å². The molecule has 1 aromatic carbocycles. The van der Waals surface area contributed by atoms with Crippen LogP contribution >= 0.6 is 15.9 Å². The predicted molar refractivity (Wildman–Crippen MR) is 68.2 cm³/mol. The lowest BCUT2D eigenvalue weighted by atomic mass is 10.3. The average molecular weight is 297 g/mol. The molecule has 1 heterocycles. The van der Waals surface area contributed by atoms with Gasteiger partial charge in [0.25, 0.3) is 0 Å². The van der Waals surface area contributed by atoms with Crippen LogP contribution in [0, 0.1) is 5.82 Å². The SMILES string of the molecule is COc1cc(F)ccc1Nc1ccc(Br)cn1. The maximum Gasteiger partial charge on any atom is 0.145 e. The zero-order valence-electron chi connectivity index (χ0n) is 9.08. The first-order valence-electron chi connectivity index (χ1n) is 4.91. The Morgan fingerprint density at radius 2 is 2.12 bits per heavy atom.